The van der Waals surface area contributed by atoms with Crippen molar-refractivity contribution in [1.82, 2.24) is 5.32 Å². The summed E-state index contributed by atoms with van der Waals surface area (Å²) >= 11 is 0. The van der Waals surface area contributed by atoms with E-state index in [0.717, 1.165) is 12.8 Å². The average Bonchev–Trinajstić information content (AvgIpc) is 2.60. The minimum absolute atomic E-state index is 0.00737. The molecular weight excluding hydrogens is 290 g/mol. The molecule has 0 atom stereocenters. The molecule has 0 saturated heterocycles. The molecule has 0 spiro atoms. The van der Waals surface area contributed by atoms with Gasteiger partial charge >= 0.3 is 0 Å². The summed E-state index contributed by atoms with van der Waals surface area (Å²) in [4.78, 5) is 11.8. The Morgan fingerprint density at radius 2 is 1.70 bits per heavy atom. The third-order valence-corrected chi connectivity index (χ3v) is 3.46. The molecule has 0 aliphatic heterocycles. The maximum absolute atomic E-state index is 11.8. The molecule has 1 N–H and O–H groups in total. The van der Waals surface area contributed by atoms with Gasteiger partial charge in [-0.2, -0.15) is 0 Å². The van der Waals surface area contributed by atoms with E-state index in [9.17, 15) is 4.79 Å². The van der Waals surface area contributed by atoms with Crippen LogP contribution in [-0.2, 0) is 11.2 Å². The molecule has 0 aliphatic rings. The number of amides is 1. The zero-order valence-corrected chi connectivity index (χ0v) is 13.5. The summed E-state index contributed by atoms with van der Waals surface area (Å²) in [7, 11) is 1.60. The van der Waals surface area contributed by atoms with Crippen molar-refractivity contribution in [2.75, 3.05) is 20.3 Å². The van der Waals surface area contributed by atoms with Crippen LogP contribution in [0.1, 0.15) is 18.4 Å². The molecule has 0 aromatic heterocycles. The quantitative estimate of drug-likeness (QED) is 0.723. The van der Waals surface area contributed by atoms with Crippen molar-refractivity contribution in [3.63, 3.8) is 0 Å². The summed E-state index contributed by atoms with van der Waals surface area (Å²) in [6, 6.07) is 17.7. The molecular formula is C19H23NO3. The van der Waals surface area contributed by atoms with E-state index in [-0.39, 0.29) is 5.91 Å². The van der Waals surface area contributed by atoms with Crippen LogP contribution in [0.5, 0.6) is 11.5 Å². The van der Waals surface area contributed by atoms with E-state index in [1.165, 1.54) is 5.56 Å². The molecule has 1 amide bonds. The van der Waals surface area contributed by atoms with E-state index in [1.807, 2.05) is 42.5 Å². The lowest BCUT2D eigenvalue weighted by Crippen LogP contribution is -2.26. The number of ether oxygens (including phenoxy) is 2. The Bertz CT molecular complexity index is 599. The number of rotatable bonds is 9. The molecule has 4 nitrogen and oxygen atoms in total. The summed E-state index contributed by atoms with van der Waals surface area (Å²) in [6.45, 7) is 1.02. The Balaban J connectivity index is 1.60. The predicted octanol–water partition coefficient (Wildman–Crippen LogP) is 3.21. The van der Waals surface area contributed by atoms with E-state index < -0.39 is 0 Å². The van der Waals surface area contributed by atoms with Gasteiger partial charge in [-0.1, -0.05) is 42.5 Å². The number of hydrogen-bond donors (Lipinski definition) is 1. The number of para-hydroxylation sites is 2. The third-order valence-electron chi connectivity index (χ3n) is 3.46. The van der Waals surface area contributed by atoms with Gasteiger partial charge in [0.1, 0.15) is 0 Å². The van der Waals surface area contributed by atoms with Crippen molar-refractivity contribution in [3.05, 3.63) is 60.2 Å². The van der Waals surface area contributed by atoms with Gasteiger partial charge in [-0.3, -0.25) is 4.79 Å². The van der Waals surface area contributed by atoms with E-state index in [2.05, 4.69) is 17.4 Å². The van der Waals surface area contributed by atoms with Crippen molar-refractivity contribution in [3.8, 4) is 11.5 Å². The van der Waals surface area contributed by atoms with Gasteiger partial charge in [0.2, 0.25) is 5.91 Å². The number of methoxy groups -OCH3 is 1. The number of hydrogen-bond acceptors (Lipinski definition) is 3. The van der Waals surface area contributed by atoms with Crippen LogP contribution in [0, 0.1) is 0 Å². The van der Waals surface area contributed by atoms with Crippen LogP contribution in [0.4, 0.5) is 0 Å². The fraction of sp³-hybridized carbons (Fsp3) is 0.316. The van der Waals surface area contributed by atoms with Crippen molar-refractivity contribution in [2.45, 2.75) is 19.3 Å². The number of nitrogens with one attached hydrogen (secondary N) is 1. The van der Waals surface area contributed by atoms with Gasteiger partial charge in [-0.25, -0.2) is 0 Å². The zero-order chi connectivity index (χ0) is 16.3. The second kappa shape index (κ2) is 9.51. The van der Waals surface area contributed by atoms with Gasteiger partial charge in [-0.15, -0.1) is 0 Å². The highest BCUT2D eigenvalue weighted by Gasteiger charge is 2.05. The van der Waals surface area contributed by atoms with Crippen LogP contribution in [-0.4, -0.2) is 26.2 Å². The number of benzene rings is 2. The van der Waals surface area contributed by atoms with Crippen LogP contribution in [0.15, 0.2) is 54.6 Å². The third kappa shape index (κ3) is 6.02. The largest absolute Gasteiger partial charge is 0.493 e. The summed E-state index contributed by atoms with van der Waals surface area (Å²) in [5, 5.41) is 2.92. The number of carbonyl (C=O) groups excluding carboxylic acids is 1. The second-order valence-corrected chi connectivity index (χ2v) is 5.19. The van der Waals surface area contributed by atoms with Crippen molar-refractivity contribution in [2.24, 2.45) is 0 Å². The van der Waals surface area contributed by atoms with Crippen LogP contribution >= 0.6 is 0 Å². The molecule has 0 bridgehead atoms. The van der Waals surface area contributed by atoms with Crippen LogP contribution in [0.25, 0.3) is 0 Å². The van der Waals surface area contributed by atoms with Crippen LogP contribution in [0.3, 0.4) is 0 Å². The fourth-order valence-corrected chi connectivity index (χ4v) is 2.25. The average molecular weight is 313 g/mol. The first-order chi connectivity index (χ1) is 11.3. The standard InChI is InChI=1S/C19H23NO3/c1-22-17-11-5-6-12-18(17)23-15-13-19(21)20-14-7-10-16-8-3-2-4-9-16/h2-6,8-9,11-12H,7,10,13-15H2,1H3,(H,20,21). The van der Waals surface area contributed by atoms with E-state index in [4.69, 9.17) is 9.47 Å². The van der Waals surface area contributed by atoms with Gasteiger partial charge in [0.05, 0.1) is 20.1 Å². The lowest BCUT2D eigenvalue weighted by atomic mass is 10.1. The maximum Gasteiger partial charge on any atom is 0.223 e. The van der Waals surface area contributed by atoms with E-state index in [1.54, 1.807) is 7.11 Å². The topological polar surface area (TPSA) is 47.6 Å². The van der Waals surface area contributed by atoms with E-state index >= 15 is 0 Å². The molecule has 0 aliphatic carbocycles. The zero-order valence-electron chi connectivity index (χ0n) is 13.5. The number of aryl methyl sites for hydroxylation is 1. The molecule has 2 aromatic carbocycles. The molecule has 4 heteroatoms. The highest BCUT2D eigenvalue weighted by molar-refractivity contribution is 5.75. The highest BCUT2D eigenvalue weighted by atomic mass is 16.5. The summed E-state index contributed by atoms with van der Waals surface area (Å²) in [5.41, 5.74) is 1.29. The minimum Gasteiger partial charge on any atom is -0.493 e. The molecule has 122 valence electrons. The molecule has 2 aromatic rings. The minimum atomic E-state index is 0.00737. The Morgan fingerprint density at radius 3 is 2.43 bits per heavy atom. The monoisotopic (exact) mass is 313 g/mol. The Labute approximate surface area is 137 Å². The van der Waals surface area contributed by atoms with Gasteiger partial charge in [0.15, 0.2) is 11.5 Å². The fourth-order valence-electron chi connectivity index (χ4n) is 2.25. The van der Waals surface area contributed by atoms with E-state index in [0.29, 0.717) is 31.1 Å². The predicted molar refractivity (Wildman–Crippen MR) is 90.9 cm³/mol. The summed E-state index contributed by atoms with van der Waals surface area (Å²) < 4.78 is 10.8. The molecule has 0 radical (unpaired) electrons. The lowest BCUT2D eigenvalue weighted by Gasteiger charge is -2.10. The van der Waals surface area contributed by atoms with Gasteiger partial charge in [0, 0.05) is 6.54 Å². The van der Waals surface area contributed by atoms with Crippen molar-refractivity contribution in [1.29, 1.82) is 0 Å². The SMILES string of the molecule is COc1ccccc1OCCC(=O)NCCCc1ccccc1. The normalized spacial score (nSPS) is 10.1. The lowest BCUT2D eigenvalue weighted by molar-refractivity contribution is -0.121. The highest BCUT2D eigenvalue weighted by Crippen LogP contribution is 2.25. The first-order valence-corrected chi connectivity index (χ1v) is 7.86. The molecule has 23 heavy (non-hydrogen) atoms. The van der Waals surface area contributed by atoms with Crippen LogP contribution in [0.2, 0.25) is 0 Å². The van der Waals surface area contributed by atoms with Crippen molar-refractivity contribution < 1.29 is 14.3 Å². The molecule has 0 heterocycles. The Morgan fingerprint density at radius 1 is 1.00 bits per heavy atom. The molecule has 0 saturated carbocycles. The molecule has 0 fully saturated rings. The summed E-state index contributed by atoms with van der Waals surface area (Å²) in [5.74, 6) is 1.34. The number of carbonyl (C=O) groups is 1. The van der Waals surface area contributed by atoms with Crippen molar-refractivity contribution >= 4 is 5.91 Å². The second-order valence-electron chi connectivity index (χ2n) is 5.19. The van der Waals surface area contributed by atoms with Crippen LogP contribution < -0.4 is 14.8 Å². The molecule has 0 unspecified atom stereocenters. The molecule has 2 rings (SSSR count). The Kier molecular flexibility index (Phi) is 6.98. The first-order valence-electron chi connectivity index (χ1n) is 7.86. The van der Waals surface area contributed by atoms with Gasteiger partial charge in [0.25, 0.3) is 0 Å². The Hall–Kier alpha value is -2.49. The summed E-state index contributed by atoms with van der Waals surface area (Å²) in [6.07, 6.45) is 2.24. The smallest absolute Gasteiger partial charge is 0.223 e. The van der Waals surface area contributed by atoms with Gasteiger partial charge in [-0.05, 0) is 30.5 Å². The van der Waals surface area contributed by atoms with Gasteiger partial charge < -0.3 is 14.8 Å². The maximum atomic E-state index is 11.8. The first kappa shape index (κ1) is 16.9.